The van der Waals surface area contributed by atoms with Crippen molar-refractivity contribution < 1.29 is 4.39 Å². The number of nitrogens with zero attached hydrogens (tertiary/aromatic N) is 1. The van der Waals surface area contributed by atoms with Gasteiger partial charge >= 0.3 is 0 Å². The van der Waals surface area contributed by atoms with Crippen LogP contribution < -0.4 is 5.32 Å². The summed E-state index contributed by atoms with van der Waals surface area (Å²) in [7, 11) is 0. The van der Waals surface area contributed by atoms with Crippen molar-refractivity contribution in [3.8, 4) is 6.07 Å². The van der Waals surface area contributed by atoms with Crippen molar-refractivity contribution in [3.05, 3.63) is 50.4 Å². The minimum atomic E-state index is -0.273. The standard InChI is InChI=1S/C12H8BrFN2S/c13-11-5-8(14)1-4-12(11)16-7-10-3-2-9(6-15)17-10/h1-5,16H,7H2. The number of benzene rings is 1. The summed E-state index contributed by atoms with van der Waals surface area (Å²) in [6.45, 7) is 0.622. The molecule has 0 saturated carbocycles. The molecule has 0 radical (unpaired) electrons. The zero-order valence-electron chi connectivity index (χ0n) is 8.71. The normalized spacial score (nSPS) is 9.94. The van der Waals surface area contributed by atoms with Crippen LogP contribution in [0.2, 0.25) is 0 Å². The predicted octanol–water partition coefficient (Wildman–Crippen LogP) is 4.13. The van der Waals surface area contributed by atoms with Crippen LogP contribution in [0.4, 0.5) is 10.1 Å². The van der Waals surface area contributed by atoms with Gasteiger partial charge in [0.15, 0.2) is 0 Å². The first-order valence-electron chi connectivity index (χ1n) is 4.87. The van der Waals surface area contributed by atoms with Crippen LogP contribution in [0.5, 0.6) is 0 Å². The van der Waals surface area contributed by atoms with Gasteiger partial charge in [-0.1, -0.05) is 0 Å². The Morgan fingerprint density at radius 1 is 1.35 bits per heavy atom. The first-order chi connectivity index (χ1) is 8.19. The van der Waals surface area contributed by atoms with Gasteiger partial charge in [-0.15, -0.1) is 11.3 Å². The molecule has 0 fully saturated rings. The number of nitriles is 1. The Hall–Kier alpha value is -1.38. The lowest BCUT2D eigenvalue weighted by Gasteiger charge is -2.06. The van der Waals surface area contributed by atoms with Crippen molar-refractivity contribution in [3.63, 3.8) is 0 Å². The molecule has 0 saturated heterocycles. The third-order valence-corrected chi connectivity index (χ3v) is 3.80. The number of rotatable bonds is 3. The Morgan fingerprint density at radius 2 is 2.18 bits per heavy atom. The molecule has 17 heavy (non-hydrogen) atoms. The quantitative estimate of drug-likeness (QED) is 0.925. The maximum absolute atomic E-state index is 12.9. The fraction of sp³-hybridized carbons (Fsp3) is 0.0833. The minimum absolute atomic E-state index is 0.273. The van der Waals surface area contributed by atoms with Crippen molar-refractivity contribution in [2.24, 2.45) is 0 Å². The Labute approximate surface area is 111 Å². The maximum atomic E-state index is 12.9. The van der Waals surface area contributed by atoms with E-state index < -0.39 is 0 Å². The Bertz CT molecular complexity index is 574. The van der Waals surface area contributed by atoms with Crippen LogP contribution in [-0.2, 0) is 6.54 Å². The molecular weight excluding hydrogens is 303 g/mol. The number of halogens is 2. The number of hydrogen-bond donors (Lipinski definition) is 1. The average molecular weight is 311 g/mol. The molecule has 1 aromatic heterocycles. The van der Waals surface area contributed by atoms with E-state index >= 15 is 0 Å². The Balaban J connectivity index is 2.05. The van der Waals surface area contributed by atoms with Crippen LogP contribution in [0.25, 0.3) is 0 Å². The molecule has 0 amide bonds. The highest BCUT2D eigenvalue weighted by Gasteiger charge is 2.03. The van der Waals surface area contributed by atoms with Crippen molar-refractivity contribution in [2.75, 3.05) is 5.32 Å². The fourth-order valence-corrected chi connectivity index (χ4v) is 2.58. The lowest BCUT2D eigenvalue weighted by atomic mass is 10.3. The topological polar surface area (TPSA) is 35.8 Å². The first-order valence-corrected chi connectivity index (χ1v) is 6.48. The number of nitrogens with one attached hydrogen (secondary N) is 1. The minimum Gasteiger partial charge on any atom is -0.379 e. The van der Waals surface area contributed by atoms with E-state index in [1.807, 2.05) is 6.07 Å². The van der Waals surface area contributed by atoms with Gasteiger partial charge in [-0.25, -0.2) is 4.39 Å². The van der Waals surface area contributed by atoms with Crippen LogP contribution in [0.1, 0.15) is 9.75 Å². The fourth-order valence-electron chi connectivity index (χ4n) is 1.35. The molecular formula is C12H8BrFN2S. The predicted molar refractivity (Wildman–Crippen MR) is 70.5 cm³/mol. The highest BCUT2D eigenvalue weighted by Crippen LogP contribution is 2.24. The maximum Gasteiger partial charge on any atom is 0.124 e. The van der Waals surface area contributed by atoms with Crippen molar-refractivity contribution >= 4 is 33.0 Å². The van der Waals surface area contributed by atoms with Crippen molar-refractivity contribution in [2.45, 2.75) is 6.54 Å². The van der Waals surface area contributed by atoms with Gasteiger partial charge in [-0.2, -0.15) is 5.26 Å². The molecule has 0 aliphatic heterocycles. The highest BCUT2D eigenvalue weighted by atomic mass is 79.9. The SMILES string of the molecule is N#Cc1ccc(CNc2ccc(F)cc2Br)s1. The van der Waals surface area contributed by atoms with Gasteiger partial charge in [0.1, 0.15) is 16.8 Å². The molecule has 1 N–H and O–H groups in total. The zero-order valence-corrected chi connectivity index (χ0v) is 11.1. The number of anilines is 1. The molecule has 2 nitrogen and oxygen atoms in total. The van der Waals surface area contributed by atoms with E-state index in [4.69, 9.17) is 5.26 Å². The molecule has 0 aliphatic carbocycles. The van der Waals surface area contributed by atoms with E-state index in [0.29, 0.717) is 15.9 Å². The molecule has 0 atom stereocenters. The molecule has 1 heterocycles. The van der Waals surface area contributed by atoms with Gasteiger partial charge in [-0.3, -0.25) is 0 Å². The van der Waals surface area contributed by atoms with Crippen LogP contribution >= 0.6 is 27.3 Å². The average Bonchev–Trinajstić information content (AvgIpc) is 2.76. The summed E-state index contributed by atoms with van der Waals surface area (Å²) in [5, 5.41) is 11.9. The summed E-state index contributed by atoms with van der Waals surface area (Å²) >= 11 is 4.74. The van der Waals surface area contributed by atoms with Gasteiger partial charge in [0.25, 0.3) is 0 Å². The summed E-state index contributed by atoms with van der Waals surface area (Å²) < 4.78 is 13.6. The van der Waals surface area contributed by atoms with Crippen molar-refractivity contribution in [1.29, 1.82) is 5.26 Å². The van der Waals surface area contributed by atoms with E-state index in [0.717, 1.165) is 10.6 Å². The Kier molecular flexibility index (Phi) is 3.77. The zero-order chi connectivity index (χ0) is 12.3. The summed E-state index contributed by atoms with van der Waals surface area (Å²) in [6.07, 6.45) is 0. The molecule has 2 rings (SSSR count). The summed E-state index contributed by atoms with van der Waals surface area (Å²) in [4.78, 5) is 1.76. The van der Waals surface area contributed by atoms with Crippen molar-refractivity contribution in [1.82, 2.24) is 0 Å². The van der Waals surface area contributed by atoms with Crippen LogP contribution in [0.15, 0.2) is 34.8 Å². The van der Waals surface area contributed by atoms with Gasteiger partial charge in [-0.05, 0) is 46.3 Å². The third-order valence-electron chi connectivity index (χ3n) is 2.16. The first kappa shape index (κ1) is 12.1. The van der Waals surface area contributed by atoms with E-state index in [9.17, 15) is 4.39 Å². The molecule has 5 heteroatoms. The number of thiophene rings is 1. The second kappa shape index (κ2) is 5.30. The Morgan fingerprint density at radius 3 is 2.82 bits per heavy atom. The van der Waals surface area contributed by atoms with Crippen LogP contribution in [-0.4, -0.2) is 0 Å². The molecule has 0 aliphatic rings. The van der Waals surface area contributed by atoms with Crippen LogP contribution in [0.3, 0.4) is 0 Å². The second-order valence-corrected chi connectivity index (χ2v) is 5.38. The van der Waals surface area contributed by atoms with E-state index in [1.54, 1.807) is 12.1 Å². The molecule has 2 aromatic rings. The van der Waals surface area contributed by atoms with Gasteiger partial charge < -0.3 is 5.32 Å². The highest BCUT2D eigenvalue weighted by molar-refractivity contribution is 9.10. The van der Waals surface area contributed by atoms with Gasteiger partial charge in [0.2, 0.25) is 0 Å². The van der Waals surface area contributed by atoms with E-state index in [1.165, 1.54) is 23.5 Å². The van der Waals surface area contributed by atoms with Crippen LogP contribution in [0, 0.1) is 17.1 Å². The second-order valence-electron chi connectivity index (χ2n) is 3.36. The summed E-state index contributed by atoms with van der Waals surface area (Å²) in [6, 6.07) is 10.3. The summed E-state index contributed by atoms with van der Waals surface area (Å²) in [5.41, 5.74) is 0.832. The molecule has 0 unspecified atom stereocenters. The van der Waals surface area contributed by atoms with E-state index in [2.05, 4.69) is 27.3 Å². The monoisotopic (exact) mass is 310 g/mol. The molecule has 0 spiro atoms. The molecule has 86 valence electrons. The van der Waals surface area contributed by atoms with E-state index in [-0.39, 0.29) is 5.82 Å². The van der Waals surface area contributed by atoms with Gasteiger partial charge in [0, 0.05) is 21.6 Å². The smallest absolute Gasteiger partial charge is 0.124 e. The number of hydrogen-bond acceptors (Lipinski definition) is 3. The molecule has 0 bridgehead atoms. The third kappa shape index (κ3) is 3.05. The van der Waals surface area contributed by atoms with Gasteiger partial charge in [0.05, 0.1) is 0 Å². The molecule has 1 aromatic carbocycles. The lowest BCUT2D eigenvalue weighted by molar-refractivity contribution is 0.627. The largest absolute Gasteiger partial charge is 0.379 e. The lowest BCUT2D eigenvalue weighted by Crippen LogP contribution is -1.98. The summed E-state index contributed by atoms with van der Waals surface area (Å²) in [5.74, 6) is -0.273.